The molecule has 5 nitrogen and oxygen atoms in total. The number of nitrogens with two attached hydrogens (primary N) is 1. The summed E-state index contributed by atoms with van der Waals surface area (Å²) in [7, 11) is 1.62. The van der Waals surface area contributed by atoms with E-state index in [1.54, 1.807) is 13.1 Å². The van der Waals surface area contributed by atoms with Gasteiger partial charge in [-0.3, -0.25) is 4.79 Å². The van der Waals surface area contributed by atoms with Crippen molar-refractivity contribution < 1.29 is 15.0 Å². The lowest BCUT2D eigenvalue weighted by atomic mass is 10.1. The molecule has 5 heteroatoms. The maximum atomic E-state index is 12.3. The second-order valence-corrected chi connectivity index (χ2v) is 4.48. The molecule has 0 spiro atoms. The van der Waals surface area contributed by atoms with Crippen LogP contribution >= 0.6 is 0 Å². The number of aromatic hydroxyl groups is 2. The van der Waals surface area contributed by atoms with E-state index in [0.717, 1.165) is 5.56 Å². The van der Waals surface area contributed by atoms with E-state index in [2.05, 4.69) is 0 Å². The molecule has 2 aromatic carbocycles. The minimum Gasteiger partial charge on any atom is -0.508 e. The highest BCUT2D eigenvalue weighted by molar-refractivity contribution is 6.06. The molecular weight excluding hydrogens is 256 g/mol. The number of nitrogens with zero attached hydrogens (tertiary/aromatic N) is 1. The molecule has 20 heavy (non-hydrogen) atoms. The zero-order chi connectivity index (χ0) is 14.7. The fourth-order valence-electron chi connectivity index (χ4n) is 1.92. The average Bonchev–Trinajstić information content (AvgIpc) is 2.44. The molecule has 0 aromatic heterocycles. The summed E-state index contributed by atoms with van der Waals surface area (Å²) >= 11 is 0. The first-order valence-electron chi connectivity index (χ1n) is 6.11. The predicted molar refractivity (Wildman–Crippen MR) is 76.8 cm³/mol. The van der Waals surface area contributed by atoms with E-state index in [9.17, 15) is 15.0 Å². The van der Waals surface area contributed by atoms with Crippen molar-refractivity contribution in [2.45, 2.75) is 6.54 Å². The Labute approximate surface area is 116 Å². The van der Waals surface area contributed by atoms with Crippen molar-refractivity contribution in [3.63, 3.8) is 0 Å². The second kappa shape index (κ2) is 5.63. The third-order valence-corrected chi connectivity index (χ3v) is 2.99. The van der Waals surface area contributed by atoms with E-state index in [-0.39, 0.29) is 23.0 Å². The normalized spacial score (nSPS) is 10.3. The minimum atomic E-state index is -0.328. The zero-order valence-electron chi connectivity index (χ0n) is 11.1. The Kier molecular flexibility index (Phi) is 3.91. The first-order valence-corrected chi connectivity index (χ1v) is 6.11. The van der Waals surface area contributed by atoms with Crippen LogP contribution in [0.3, 0.4) is 0 Å². The standard InChI is InChI=1S/C15H16N2O3/c1-17(12-4-2-3-10(5-12)9-16)15(20)11-6-13(18)8-14(19)7-11/h2-8,18-19H,9,16H2,1H3. The van der Waals surface area contributed by atoms with Gasteiger partial charge in [0.2, 0.25) is 0 Å². The van der Waals surface area contributed by atoms with Crippen molar-refractivity contribution in [3.8, 4) is 11.5 Å². The number of carbonyl (C=O) groups excluding carboxylic acids is 1. The van der Waals surface area contributed by atoms with Gasteiger partial charge in [0.1, 0.15) is 11.5 Å². The molecule has 0 unspecified atom stereocenters. The van der Waals surface area contributed by atoms with Crippen LogP contribution in [0.1, 0.15) is 15.9 Å². The Morgan fingerprint density at radius 2 is 1.80 bits per heavy atom. The molecule has 0 fully saturated rings. The molecule has 0 heterocycles. The maximum Gasteiger partial charge on any atom is 0.258 e. The van der Waals surface area contributed by atoms with Crippen molar-refractivity contribution in [3.05, 3.63) is 53.6 Å². The molecule has 0 radical (unpaired) electrons. The molecule has 0 atom stereocenters. The largest absolute Gasteiger partial charge is 0.508 e. The Morgan fingerprint density at radius 3 is 2.40 bits per heavy atom. The summed E-state index contributed by atoms with van der Waals surface area (Å²) in [6.07, 6.45) is 0. The lowest BCUT2D eigenvalue weighted by molar-refractivity contribution is 0.0992. The summed E-state index contributed by atoms with van der Waals surface area (Å²) in [6, 6.07) is 11.1. The molecule has 0 aliphatic heterocycles. The summed E-state index contributed by atoms with van der Waals surface area (Å²) in [5.41, 5.74) is 7.40. The predicted octanol–water partition coefficient (Wildman–Crippen LogP) is 1.83. The number of phenols is 2. The van der Waals surface area contributed by atoms with Crippen LogP contribution in [0.2, 0.25) is 0 Å². The fourth-order valence-corrected chi connectivity index (χ4v) is 1.92. The van der Waals surface area contributed by atoms with Crippen LogP contribution in [-0.2, 0) is 6.54 Å². The van der Waals surface area contributed by atoms with Gasteiger partial charge in [-0.05, 0) is 29.8 Å². The fraction of sp³-hybridized carbons (Fsp3) is 0.133. The van der Waals surface area contributed by atoms with Gasteiger partial charge in [0.15, 0.2) is 0 Å². The molecule has 104 valence electrons. The van der Waals surface area contributed by atoms with E-state index in [1.165, 1.54) is 23.1 Å². The van der Waals surface area contributed by atoms with Gasteiger partial charge >= 0.3 is 0 Å². The third kappa shape index (κ3) is 2.89. The van der Waals surface area contributed by atoms with Gasteiger partial charge in [-0.15, -0.1) is 0 Å². The number of benzene rings is 2. The highest BCUT2D eigenvalue weighted by Crippen LogP contribution is 2.23. The van der Waals surface area contributed by atoms with Crippen LogP contribution in [0.5, 0.6) is 11.5 Å². The third-order valence-electron chi connectivity index (χ3n) is 2.99. The van der Waals surface area contributed by atoms with Crippen LogP contribution in [0.25, 0.3) is 0 Å². The Balaban J connectivity index is 2.31. The van der Waals surface area contributed by atoms with E-state index in [4.69, 9.17) is 5.73 Å². The van der Waals surface area contributed by atoms with E-state index in [1.807, 2.05) is 18.2 Å². The SMILES string of the molecule is CN(C(=O)c1cc(O)cc(O)c1)c1cccc(CN)c1. The number of hydrogen-bond acceptors (Lipinski definition) is 4. The topological polar surface area (TPSA) is 86.8 Å². The molecule has 0 aliphatic carbocycles. The van der Waals surface area contributed by atoms with Crippen LogP contribution in [-0.4, -0.2) is 23.2 Å². The molecule has 2 rings (SSSR count). The van der Waals surface area contributed by atoms with E-state index in [0.29, 0.717) is 12.2 Å². The molecule has 4 N–H and O–H groups in total. The molecule has 0 saturated heterocycles. The maximum absolute atomic E-state index is 12.3. The van der Waals surface area contributed by atoms with Crippen molar-refractivity contribution in [2.24, 2.45) is 5.73 Å². The van der Waals surface area contributed by atoms with Crippen molar-refractivity contribution in [1.29, 1.82) is 0 Å². The highest BCUT2D eigenvalue weighted by atomic mass is 16.3. The van der Waals surface area contributed by atoms with Gasteiger partial charge in [-0.25, -0.2) is 0 Å². The second-order valence-electron chi connectivity index (χ2n) is 4.48. The number of hydrogen-bond donors (Lipinski definition) is 3. The smallest absolute Gasteiger partial charge is 0.258 e. The van der Waals surface area contributed by atoms with E-state index < -0.39 is 0 Å². The number of carbonyl (C=O) groups is 1. The van der Waals surface area contributed by atoms with Crippen LogP contribution in [0, 0.1) is 0 Å². The van der Waals surface area contributed by atoms with Crippen molar-refractivity contribution in [2.75, 3.05) is 11.9 Å². The molecule has 1 amide bonds. The zero-order valence-corrected chi connectivity index (χ0v) is 11.1. The van der Waals surface area contributed by atoms with Gasteiger partial charge in [0, 0.05) is 30.9 Å². The van der Waals surface area contributed by atoms with Crippen molar-refractivity contribution >= 4 is 11.6 Å². The van der Waals surface area contributed by atoms with Crippen LogP contribution < -0.4 is 10.6 Å². The quantitative estimate of drug-likeness (QED) is 0.795. The summed E-state index contributed by atoms with van der Waals surface area (Å²) in [5, 5.41) is 18.9. The molecule has 0 aliphatic rings. The monoisotopic (exact) mass is 272 g/mol. The number of amides is 1. The number of anilines is 1. The van der Waals surface area contributed by atoms with Crippen molar-refractivity contribution in [1.82, 2.24) is 0 Å². The number of phenolic OH excluding ortho intramolecular Hbond substituents is 2. The minimum absolute atomic E-state index is 0.155. The number of rotatable bonds is 3. The molecule has 0 saturated carbocycles. The van der Waals surface area contributed by atoms with Crippen LogP contribution in [0.4, 0.5) is 5.69 Å². The first kappa shape index (κ1) is 13.9. The Bertz CT molecular complexity index is 621. The average molecular weight is 272 g/mol. The van der Waals surface area contributed by atoms with Gasteiger partial charge in [0.25, 0.3) is 5.91 Å². The Morgan fingerprint density at radius 1 is 1.15 bits per heavy atom. The summed E-state index contributed by atoms with van der Waals surface area (Å²) in [5.74, 6) is -0.639. The van der Waals surface area contributed by atoms with Gasteiger partial charge in [0.05, 0.1) is 0 Å². The summed E-state index contributed by atoms with van der Waals surface area (Å²) in [4.78, 5) is 13.8. The van der Waals surface area contributed by atoms with E-state index >= 15 is 0 Å². The summed E-state index contributed by atoms with van der Waals surface area (Å²) < 4.78 is 0. The molecule has 2 aromatic rings. The van der Waals surface area contributed by atoms with Crippen LogP contribution in [0.15, 0.2) is 42.5 Å². The van der Waals surface area contributed by atoms with Gasteiger partial charge in [-0.2, -0.15) is 0 Å². The molecular formula is C15H16N2O3. The molecule has 0 bridgehead atoms. The van der Waals surface area contributed by atoms with Gasteiger partial charge < -0.3 is 20.8 Å². The van der Waals surface area contributed by atoms with Gasteiger partial charge in [-0.1, -0.05) is 12.1 Å². The lowest BCUT2D eigenvalue weighted by Gasteiger charge is -2.18. The Hall–Kier alpha value is -2.53. The first-order chi connectivity index (χ1) is 9.51. The highest BCUT2D eigenvalue weighted by Gasteiger charge is 2.15. The summed E-state index contributed by atoms with van der Waals surface area (Å²) in [6.45, 7) is 0.392. The lowest BCUT2D eigenvalue weighted by Crippen LogP contribution is -2.26.